The fourth-order valence-corrected chi connectivity index (χ4v) is 4.78. The van der Waals surface area contributed by atoms with Crippen LogP contribution in [0.3, 0.4) is 0 Å². The lowest BCUT2D eigenvalue weighted by atomic mass is 9.85. The van der Waals surface area contributed by atoms with Crippen LogP contribution in [0.25, 0.3) is 0 Å². The van der Waals surface area contributed by atoms with E-state index in [-0.39, 0.29) is 12.4 Å². The van der Waals surface area contributed by atoms with Gasteiger partial charge in [0.25, 0.3) is 0 Å². The minimum Gasteiger partial charge on any atom is -0.342 e. The Bertz CT molecular complexity index is 398. The number of carbonyl (C=O) groups is 1. The normalized spacial score (nSPS) is 32.4. The summed E-state index contributed by atoms with van der Waals surface area (Å²) in [5.41, 5.74) is 0. The molecule has 0 spiro atoms. The Morgan fingerprint density at radius 1 is 0.957 bits per heavy atom. The number of likely N-dealkylation sites (tertiary alicyclic amines) is 1. The molecule has 132 valence electrons. The molecule has 4 aliphatic rings. The van der Waals surface area contributed by atoms with Crippen LogP contribution in [-0.2, 0) is 4.79 Å². The van der Waals surface area contributed by atoms with E-state index in [2.05, 4.69) is 10.2 Å². The number of halogens is 1. The van der Waals surface area contributed by atoms with Gasteiger partial charge in [-0.1, -0.05) is 32.1 Å². The fraction of sp³-hybridized carbons (Fsp3) is 0.947. The number of carbonyl (C=O) groups excluding carboxylic acids is 1. The monoisotopic (exact) mass is 340 g/mol. The first-order chi connectivity index (χ1) is 10.8. The van der Waals surface area contributed by atoms with Gasteiger partial charge >= 0.3 is 0 Å². The zero-order valence-corrected chi connectivity index (χ0v) is 15.2. The average molecular weight is 341 g/mol. The van der Waals surface area contributed by atoms with Crippen LogP contribution in [0.5, 0.6) is 0 Å². The number of nitrogens with one attached hydrogen (secondary N) is 1. The molecule has 1 saturated heterocycles. The van der Waals surface area contributed by atoms with Gasteiger partial charge in [0.1, 0.15) is 0 Å². The van der Waals surface area contributed by atoms with E-state index in [0.717, 1.165) is 30.8 Å². The van der Waals surface area contributed by atoms with Crippen molar-refractivity contribution in [3.05, 3.63) is 0 Å². The highest BCUT2D eigenvalue weighted by Crippen LogP contribution is 2.50. The molecule has 1 aliphatic heterocycles. The first-order valence-corrected chi connectivity index (χ1v) is 9.83. The Hall–Kier alpha value is -0.280. The topological polar surface area (TPSA) is 32.3 Å². The second-order valence-electron chi connectivity index (χ2n) is 8.36. The summed E-state index contributed by atoms with van der Waals surface area (Å²) in [4.78, 5) is 14.9. The van der Waals surface area contributed by atoms with E-state index in [4.69, 9.17) is 0 Å². The van der Waals surface area contributed by atoms with Gasteiger partial charge < -0.3 is 10.2 Å². The van der Waals surface area contributed by atoms with Crippen molar-refractivity contribution in [3.8, 4) is 0 Å². The van der Waals surface area contributed by atoms with Gasteiger partial charge in [0.2, 0.25) is 5.91 Å². The molecule has 4 heteroatoms. The molecule has 0 radical (unpaired) electrons. The summed E-state index contributed by atoms with van der Waals surface area (Å²) in [5.74, 6) is 3.48. The number of hydrogen-bond donors (Lipinski definition) is 1. The van der Waals surface area contributed by atoms with E-state index in [9.17, 15) is 4.79 Å². The van der Waals surface area contributed by atoms with Crippen molar-refractivity contribution in [2.24, 2.45) is 23.7 Å². The molecule has 1 amide bonds. The molecule has 3 aliphatic carbocycles. The van der Waals surface area contributed by atoms with Crippen LogP contribution in [0, 0.1) is 23.7 Å². The molecule has 3 saturated carbocycles. The van der Waals surface area contributed by atoms with Gasteiger partial charge in [-0.05, 0) is 56.4 Å². The van der Waals surface area contributed by atoms with Crippen molar-refractivity contribution in [2.45, 2.75) is 70.3 Å². The number of hydrogen-bond acceptors (Lipinski definition) is 2. The van der Waals surface area contributed by atoms with Crippen molar-refractivity contribution in [1.82, 2.24) is 10.2 Å². The first kappa shape index (κ1) is 17.5. The summed E-state index contributed by atoms with van der Waals surface area (Å²) in [5, 5.41) is 3.71. The van der Waals surface area contributed by atoms with Crippen LogP contribution >= 0.6 is 12.4 Å². The molecule has 0 bridgehead atoms. The lowest BCUT2D eigenvalue weighted by molar-refractivity contribution is -0.134. The lowest BCUT2D eigenvalue weighted by Gasteiger charge is -2.33. The standard InChI is InChI=1S/C19H32N2O.ClH/c22-19(18-12-17(18)15-4-2-1-3-5-15)21-10-8-16(9-11-21)20-13-14-6-7-14;/h14-18,20H,1-13H2;1H. The van der Waals surface area contributed by atoms with Gasteiger partial charge in [0.15, 0.2) is 0 Å². The Kier molecular flexibility index (Phi) is 5.90. The third kappa shape index (κ3) is 4.42. The molecule has 0 aromatic heterocycles. The largest absolute Gasteiger partial charge is 0.342 e. The van der Waals surface area contributed by atoms with E-state index in [1.165, 1.54) is 70.8 Å². The maximum atomic E-state index is 12.7. The molecule has 4 fully saturated rings. The van der Waals surface area contributed by atoms with Crippen LogP contribution < -0.4 is 5.32 Å². The van der Waals surface area contributed by atoms with Crippen LogP contribution in [0.1, 0.15) is 64.2 Å². The number of rotatable bonds is 5. The van der Waals surface area contributed by atoms with E-state index in [0.29, 0.717) is 17.9 Å². The van der Waals surface area contributed by atoms with Crippen LogP contribution in [0.4, 0.5) is 0 Å². The van der Waals surface area contributed by atoms with Gasteiger partial charge in [-0.2, -0.15) is 0 Å². The molecule has 1 N–H and O–H groups in total. The highest BCUT2D eigenvalue weighted by molar-refractivity contribution is 5.85. The first-order valence-electron chi connectivity index (χ1n) is 9.83. The highest BCUT2D eigenvalue weighted by atomic mass is 35.5. The summed E-state index contributed by atoms with van der Waals surface area (Å²) in [7, 11) is 0. The van der Waals surface area contributed by atoms with E-state index >= 15 is 0 Å². The Labute approximate surface area is 147 Å². The maximum Gasteiger partial charge on any atom is 0.225 e. The van der Waals surface area contributed by atoms with Crippen LogP contribution in [-0.4, -0.2) is 36.5 Å². The zero-order chi connectivity index (χ0) is 14.9. The zero-order valence-electron chi connectivity index (χ0n) is 14.3. The average Bonchev–Trinajstić information content (AvgIpc) is 3.48. The molecule has 23 heavy (non-hydrogen) atoms. The van der Waals surface area contributed by atoms with Gasteiger partial charge in [0.05, 0.1) is 0 Å². The summed E-state index contributed by atoms with van der Waals surface area (Å²) in [6.45, 7) is 3.20. The minimum absolute atomic E-state index is 0. The van der Waals surface area contributed by atoms with E-state index < -0.39 is 0 Å². The molecule has 4 rings (SSSR count). The third-order valence-corrected chi connectivity index (χ3v) is 6.61. The quantitative estimate of drug-likeness (QED) is 0.829. The van der Waals surface area contributed by atoms with Crippen molar-refractivity contribution >= 4 is 18.3 Å². The van der Waals surface area contributed by atoms with Crippen molar-refractivity contribution in [3.63, 3.8) is 0 Å². The fourth-order valence-electron chi connectivity index (χ4n) is 4.78. The lowest BCUT2D eigenvalue weighted by Crippen LogP contribution is -2.46. The van der Waals surface area contributed by atoms with Gasteiger partial charge in [-0.15, -0.1) is 12.4 Å². The predicted molar refractivity (Wildman–Crippen MR) is 95.7 cm³/mol. The van der Waals surface area contributed by atoms with Crippen molar-refractivity contribution in [1.29, 1.82) is 0 Å². The smallest absolute Gasteiger partial charge is 0.225 e. The molecule has 1 heterocycles. The Morgan fingerprint density at radius 2 is 1.65 bits per heavy atom. The summed E-state index contributed by atoms with van der Waals surface area (Å²) < 4.78 is 0. The SMILES string of the molecule is Cl.O=C(C1CC1C1CCCCC1)N1CCC(NCC2CC2)CC1. The summed E-state index contributed by atoms with van der Waals surface area (Å²) in [6, 6.07) is 0.665. The van der Waals surface area contributed by atoms with Gasteiger partial charge in [-0.25, -0.2) is 0 Å². The second-order valence-corrected chi connectivity index (χ2v) is 8.36. The molecule has 0 aromatic rings. The van der Waals surface area contributed by atoms with Crippen molar-refractivity contribution < 1.29 is 4.79 Å². The van der Waals surface area contributed by atoms with Crippen LogP contribution in [0.2, 0.25) is 0 Å². The maximum absolute atomic E-state index is 12.7. The molecule has 0 aromatic carbocycles. The molecular weight excluding hydrogens is 308 g/mol. The highest BCUT2D eigenvalue weighted by Gasteiger charge is 2.49. The van der Waals surface area contributed by atoms with E-state index in [1.807, 2.05) is 0 Å². The van der Waals surface area contributed by atoms with Gasteiger partial charge in [-0.3, -0.25) is 4.79 Å². The molecule has 3 nitrogen and oxygen atoms in total. The Balaban J connectivity index is 0.00000156. The number of nitrogens with zero attached hydrogens (tertiary/aromatic N) is 1. The second kappa shape index (κ2) is 7.74. The minimum atomic E-state index is 0. The van der Waals surface area contributed by atoms with Crippen molar-refractivity contribution in [2.75, 3.05) is 19.6 Å². The predicted octanol–water partition coefficient (Wildman–Crippen LogP) is 3.62. The number of amides is 1. The summed E-state index contributed by atoms with van der Waals surface area (Å²) in [6.07, 6.45) is 13.4. The molecule has 2 atom stereocenters. The van der Waals surface area contributed by atoms with E-state index in [1.54, 1.807) is 0 Å². The number of piperidine rings is 1. The molecular formula is C19H33ClN2O. The summed E-state index contributed by atoms with van der Waals surface area (Å²) >= 11 is 0. The third-order valence-electron chi connectivity index (χ3n) is 6.61. The van der Waals surface area contributed by atoms with Gasteiger partial charge in [0, 0.05) is 25.0 Å². The Morgan fingerprint density at radius 3 is 2.30 bits per heavy atom. The van der Waals surface area contributed by atoms with Crippen LogP contribution in [0.15, 0.2) is 0 Å². The molecule has 2 unspecified atom stereocenters.